The van der Waals surface area contributed by atoms with E-state index >= 15 is 0 Å². The molecule has 2 aliphatic heterocycles. The monoisotopic (exact) mass is 651 g/mol. The molecule has 15 nitrogen and oxygen atoms in total. The Bertz CT molecular complexity index is 1910. The number of carbonyl (C=O) groups excluding carboxylic acids is 4. The lowest BCUT2D eigenvalue weighted by Crippen LogP contribution is -2.40. The van der Waals surface area contributed by atoms with E-state index in [1.807, 2.05) is 18.2 Å². The molecule has 6 rings (SSSR count). The summed E-state index contributed by atoms with van der Waals surface area (Å²) in [4.78, 5) is 68.3. The molecule has 5 amide bonds. The van der Waals surface area contributed by atoms with Crippen LogP contribution >= 0.6 is 0 Å². The van der Waals surface area contributed by atoms with Crippen LogP contribution in [0, 0.1) is 6.92 Å². The number of nitrogens with zero attached hydrogens (tertiary/aromatic N) is 7. The van der Waals surface area contributed by atoms with Gasteiger partial charge in [0.1, 0.15) is 12.1 Å². The van der Waals surface area contributed by atoms with Crippen molar-refractivity contribution in [2.75, 3.05) is 18.4 Å². The molecular weight excluding hydrogens is 618 g/mol. The summed E-state index contributed by atoms with van der Waals surface area (Å²) in [5, 5.41) is 18.2. The zero-order valence-corrected chi connectivity index (χ0v) is 26.2. The van der Waals surface area contributed by atoms with Gasteiger partial charge < -0.3 is 20.0 Å². The molecule has 246 valence electrons. The second-order valence-electron chi connectivity index (χ2n) is 11.5. The maximum atomic E-state index is 13.4. The van der Waals surface area contributed by atoms with Gasteiger partial charge in [0.05, 0.1) is 5.69 Å². The molecule has 5 heterocycles. The number of imide groups is 1. The average Bonchev–Trinajstić information content (AvgIpc) is 3.80. The van der Waals surface area contributed by atoms with Crippen molar-refractivity contribution in [1.82, 2.24) is 40.1 Å². The predicted octanol–water partition coefficient (Wildman–Crippen LogP) is 2.81. The first-order valence-corrected chi connectivity index (χ1v) is 15.6. The number of urea groups is 1. The number of hydrogen-bond acceptors (Lipinski definition) is 10. The van der Waals surface area contributed by atoms with E-state index in [0.29, 0.717) is 56.3 Å². The Hall–Kier alpha value is -5.99. The number of benzene rings is 1. The predicted molar refractivity (Wildman–Crippen MR) is 172 cm³/mol. The molecule has 0 saturated heterocycles. The van der Waals surface area contributed by atoms with Gasteiger partial charge in [0.25, 0.3) is 23.3 Å². The number of pyridine rings is 1. The fraction of sp³-hybridized carbons (Fsp3) is 0.303. The van der Waals surface area contributed by atoms with Gasteiger partial charge in [-0.1, -0.05) is 25.0 Å². The average molecular weight is 652 g/mol. The van der Waals surface area contributed by atoms with Crippen LogP contribution in [0.5, 0.6) is 0 Å². The van der Waals surface area contributed by atoms with E-state index in [-0.39, 0.29) is 29.6 Å². The van der Waals surface area contributed by atoms with Gasteiger partial charge >= 0.3 is 6.03 Å². The minimum absolute atomic E-state index is 0.101. The van der Waals surface area contributed by atoms with Crippen molar-refractivity contribution in [2.45, 2.75) is 52.2 Å². The van der Waals surface area contributed by atoms with E-state index in [2.05, 4.69) is 30.9 Å². The smallest absolute Gasteiger partial charge is 0.322 e. The number of hydrogen-bond donors (Lipinski definition) is 2. The van der Waals surface area contributed by atoms with Gasteiger partial charge in [0.2, 0.25) is 11.8 Å². The minimum Gasteiger partial charge on any atom is -0.421 e. The van der Waals surface area contributed by atoms with Crippen LogP contribution in [0.15, 0.2) is 70.2 Å². The molecule has 0 bridgehead atoms. The lowest BCUT2D eigenvalue weighted by molar-refractivity contribution is -0.141. The number of carbonyl (C=O) groups is 4. The van der Waals surface area contributed by atoms with Crippen LogP contribution in [-0.2, 0) is 34.0 Å². The molecule has 0 radical (unpaired) electrons. The Morgan fingerprint density at radius 3 is 2.40 bits per heavy atom. The third-order valence-electron chi connectivity index (χ3n) is 8.00. The quantitative estimate of drug-likeness (QED) is 0.170. The number of aryl methyl sites for hydroxylation is 2. The number of rotatable bonds is 12. The van der Waals surface area contributed by atoms with Crippen LogP contribution in [0.3, 0.4) is 0 Å². The zero-order valence-electron chi connectivity index (χ0n) is 26.2. The third kappa shape index (κ3) is 7.35. The number of fused-ring (bicyclic) bond motifs is 1. The first-order valence-electron chi connectivity index (χ1n) is 15.6. The van der Waals surface area contributed by atoms with Gasteiger partial charge in [0.15, 0.2) is 0 Å². The van der Waals surface area contributed by atoms with Gasteiger partial charge in [-0.25, -0.2) is 9.48 Å². The van der Waals surface area contributed by atoms with Crippen LogP contribution in [-0.4, -0.2) is 71.6 Å². The highest BCUT2D eigenvalue weighted by molar-refractivity contribution is 6.14. The van der Waals surface area contributed by atoms with E-state index < -0.39 is 17.7 Å². The van der Waals surface area contributed by atoms with E-state index in [1.165, 1.54) is 4.68 Å². The number of amides is 5. The fourth-order valence-corrected chi connectivity index (χ4v) is 5.44. The van der Waals surface area contributed by atoms with E-state index in [0.717, 1.165) is 46.6 Å². The van der Waals surface area contributed by atoms with Crippen LogP contribution in [0.2, 0.25) is 0 Å². The molecular formula is C33H33N9O6. The molecule has 0 unspecified atom stereocenters. The minimum atomic E-state index is -0.496. The summed E-state index contributed by atoms with van der Waals surface area (Å²) in [5.41, 5.74) is 3.85. The van der Waals surface area contributed by atoms with E-state index in [4.69, 9.17) is 4.42 Å². The molecule has 15 heteroatoms. The number of unbranched alkanes of at least 4 members (excludes halogenated alkanes) is 3. The number of anilines is 1. The Balaban J connectivity index is 1.05. The summed E-state index contributed by atoms with van der Waals surface area (Å²) in [6.45, 7) is 3.10. The topological polar surface area (TPSA) is 186 Å². The highest BCUT2D eigenvalue weighted by atomic mass is 16.4. The molecule has 0 spiro atoms. The molecule has 48 heavy (non-hydrogen) atoms. The van der Waals surface area contributed by atoms with Crippen LogP contribution in [0.1, 0.15) is 42.7 Å². The van der Waals surface area contributed by atoms with Gasteiger partial charge in [0, 0.05) is 68.9 Å². The summed E-state index contributed by atoms with van der Waals surface area (Å²) in [6, 6.07) is 10.5. The zero-order chi connectivity index (χ0) is 33.6. The van der Waals surface area contributed by atoms with Crippen molar-refractivity contribution in [2.24, 2.45) is 0 Å². The number of aromatic nitrogens is 5. The molecule has 0 aliphatic carbocycles. The summed E-state index contributed by atoms with van der Waals surface area (Å²) in [6.07, 6.45) is 8.67. The highest BCUT2D eigenvalue weighted by Gasteiger charge is 2.26. The largest absolute Gasteiger partial charge is 0.421 e. The molecule has 2 aliphatic rings. The number of nitrogens with one attached hydrogen (secondary N) is 2. The molecule has 4 aromatic rings. The van der Waals surface area contributed by atoms with Crippen LogP contribution in [0.4, 0.5) is 10.5 Å². The first kappa shape index (κ1) is 32.0. The Kier molecular flexibility index (Phi) is 9.45. The molecule has 3 aromatic heterocycles. The maximum Gasteiger partial charge on any atom is 0.322 e. The highest BCUT2D eigenvalue weighted by Crippen LogP contribution is 2.25. The Labute approximate surface area is 274 Å². The fourth-order valence-electron chi connectivity index (χ4n) is 5.44. The summed E-state index contributed by atoms with van der Waals surface area (Å²) >= 11 is 0. The lowest BCUT2D eigenvalue weighted by Gasteiger charge is -2.16. The SMILES string of the molecule is Cc1nnc(-c2cc(-c3ccc(NC(=O)N4Cc5ccncc5C4)cc3)nn(CCCCCCNC(=O)CN3C(=O)C=CC3=O)c2=O)o1. The van der Waals surface area contributed by atoms with Crippen molar-refractivity contribution < 1.29 is 23.6 Å². The molecule has 0 fully saturated rings. The van der Waals surface area contributed by atoms with Gasteiger partial charge in [-0.2, -0.15) is 5.10 Å². The van der Waals surface area contributed by atoms with Crippen molar-refractivity contribution in [3.8, 4) is 22.7 Å². The summed E-state index contributed by atoms with van der Waals surface area (Å²) < 4.78 is 6.96. The standard InChI is InChI=1S/C33H33N9O6/c1-21-37-38-31(48-21)26-16-27(22-6-8-25(9-7-22)36-33(47)40-18-23-12-14-34-17-24(23)19-40)39-42(32(26)46)15-5-3-2-4-13-35-28(43)20-41-29(44)10-11-30(41)45/h6-12,14,16-17H,2-5,13,15,18-20H2,1H3,(H,35,43)(H,36,47). The normalized spacial score (nSPS) is 13.7. The first-order chi connectivity index (χ1) is 23.2. The second kappa shape index (κ2) is 14.2. The van der Waals surface area contributed by atoms with Crippen molar-refractivity contribution >= 4 is 29.4 Å². The second-order valence-corrected chi connectivity index (χ2v) is 11.5. The van der Waals surface area contributed by atoms with Gasteiger partial charge in [-0.05, 0) is 48.2 Å². The maximum absolute atomic E-state index is 13.4. The van der Waals surface area contributed by atoms with Gasteiger partial charge in [-0.15, -0.1) is 10.2 Å². The van der Waals surface area contributed by atoms with Crippen LogP contribution in [0.25, 0.3) is 22.7 Å². The molecule has 0 atom stereocenters. The van der Waals surface area contributed by atoms with Crippen molar-refractivity contribution in [1.29, 1.82) is 0 Å². The molecule has 1 aromatic carbocycles. The van der Waals surface area contributed by atoms with E-state index in [1.54, 1.807) is 42.4 Å². The van der Waals surface area contributed by atoms with Gasteiger partial charge in [-0.3, -0.25) is 29.1 Å². The Morgan fingerprint density at radius 1 is 0.917 bits per heavy atom. The van der Waals surface area contributed by atoms with Crippen molar-refractivity contribution in [3.05, 3.63) is 88.3 Å². The Morgan fingerprint density at radius 2 is 1.67 bits per heavy atom. The lowest BCUT2D eigenvalue weighted by atomic mass is 10.1. The molecule has 0 saturated carbocycles. The van der Waals surface area contributed by atoms with E-state index in [9.17, 15) is 24.0 Å². The third-order valence-corrected chi connectivity index (χ3v) is 8.00. The van der Waals surface area contributed by atoms with Crippen molar-refractivity contribution in [3.63, 3.8) is 0 Å². The van der Waals surface area contributed by atoms with Crippen LogP contribution < -0.4 is 16.2 Å². The summed E-state index contributed by atoms with van der Waals surface area (Å²) in [7, 11) is 0. The molecule has 2 N–H and O–H groups in total. The summed E-state index contributed by atoms with van der Waals surface area (Å²) in [5.74, 6) is -0.964.